The zero-order valence-corrected chi connectivity index (χ0v) is 13.6. The molecule has 2 atom stereocenters. The molecule has 0 N–H and O–H groups in total. The van der Waals surface area contributed by atoms with Crippen molar-refractivity contribution in [2.75, 3.05) is 13.1 Å². The predicted molar refractivity (Wildman–Crippen MR) is 86.1 cm³/mol. The number of likely N-dealkylation sites (tertiary alicyclic amines) is 1. The van der Waals surface area contributed by atoms with Crippen LogP contribution in [0.5, 0.6) is 0 Å². The Balaban J connectivity index is 1.94. The van der Waals surface area contributed by atoms with Crippen LogP contribution in [0.15, 0.2) is 24.3 Å². The summed E-state index contributed by atoms with van der Waals surface area (Å²) in [6.07, 6.45) is 4.77. The van der Waals surface area contributed by atoms with E-state index in [4.69, 9.17) is 0 Å². The molecule has 0 bridgehead atoms. The number of carbonyl (C=O) groups excluding carboxylic acids is 1. The van der Waals surface area contributed by atoms with Gasteiger partial charge in [0.05, 0.1) is 5.41 Å². The summed E-state index contributed by atoms with van der Waals surface area (Å²) in [7, 11) is 0. The Morgan fingerprint density at radius 3 is 2.32 bits per heavy atom. The normalized spacial score (nSPS) is 27.9. The van der Waals surface area contributed by atoms with Gasteiger partial charge in [-0.25, -0.2) is 4.39 Å². The summed E-state index contributed by atoms with van der Waals surface area (Å²) in [6, 6.07) is 6.86. The van der Waals surface area contributed by atoms with E-state index in [1.807, 2.05) is 17.0 Å². The third-order valence-electron chi connectivity index (χ3n) is 5.41. The molecule has 0 radical (unpaired) electrons. The molecule has 0 spiro atoms. The van der Waals surface area contributed by atoms with Crippen LogP contribution in [-0.2, 0) is 10.2 Å². The molecule has 1 aromatic rings. The van der Waals surface area contributed by atoms with Crippen LogP contribution >= 0.6 is 0 Å². The summed E-state index contributed by atoms with van der Waals surface area (Å²) in [5.41, 5.74) is -0.00865. The van der Waals surface area contributed by atoms with Crippen molar-refractivity contribution in [2.45, 2.75) is 51.4 Å². The highest BCUT2D eigenvalue weighted by Gasteiger charge is 2.47. The molecule has 3 rings (SSSR count). The van der Waals surface area contributed by atoms with Crippen molar-refractivity contribution in [1.82, 2.24) is 4.90 Å². The first-order valence-electron chi connectivity index (χ1n) is 8.57. The Morgan fingerprint density at radius 1 is 1.14 bits per heavy atom. The summed E-state index contributed by atoms with van der Waals surface area (Å²) in [5.74, 6) is 1.00. The predicted octanol–water partition coefficient (Wildman–Crippen LogP) is 4.14. The first kappa shape index (κ1) is 15.5. The van der Waals surface area contributed by atoms with Crippen LogP contribution in [0.3, 0.4) is 0 Å². The van der Waals surface area contributed by atoms with Gasteiger partial charge in [-0.15, -0.1) is 0 Å². The van der Waals surface area contributed by atoms with Crippen molar-refractivity contribution >= 4 is 5.91 Å². The molecule has 2 nitrogen and oxygen atoms in total. The third kappa shape index (κ3) is 2.66. The second kappa shape index (κ2) is 6.02. The second-order valence-corrected chi connectivity index (χ2v) is 7.43. The number of hydrogen-bond acceptors (Lipinski definition) is 1. The molecule has 22 heavy (non-hydrogen) atoms. The van der Waals surface area contributed by atoms with E-state index in [-0.39, 0.29) is 11.7 Å². The molecule has 2 unspecified atom stereocenters. The molecule has 1 aliphatic heterocycles. The summed E-state index contributed by atoms with van der Waals surface area (Å²) in [4.78, 5) is 15.3. The van der Waals surface area contributed by atoms with E-state index in [1.54, 1.807) is 6.07 Å². The minimum Gasteiger partial charge on any atom is -0.341 e. The quantitative estimate of drug-likeness (QED) is 0.804. The van der Waals surface area contributed by atoms with Gasteiger partial charge in [0.25, 0.3) is 0 Å². The minimum atomic E-state index is -0.623. The highest BCUT2D eigenvalue weighted by atomic mass is 19.1. The lowest BCUT2D eigenvalue weighted by atomic mass is 9.76. The number of rotatable bonds is 2. The number of piperidine rings is 1. The van der Waals surface area contributed by atoms with Crippen LogP contribution in [0, 0.1) is 17.7 Å². The van der Waals surface area contributed by atoms with Gasteiger partial charge in [0.15, 0.2) is 0 Å². The zero-order valence-electron chi connectivity index (χ0n) is 13.6. The maximum absolute atomic E-state index is 14.4. The molecule has 120 valence electrons. The maximum atomic E-state index is 14.4. The van der Waals surface area contributed by atoms with E-state index in [1.165, 1.54) is 12.5 Å². The van der Waals surface area contributed by atoms with Gasteiger partial charge in [-0.1, -0.05) is 44.9 Å². The number of amides is 1. The molecule has 1 aromatic carbocycles. The molecule has 1 amide bonds. The number of halogens is 1. The first-order valence-corrected chi connectivity index (χ1v) is 8.57. The lowest BCUT2D eigenvalue weighted by Crippen LogP contribution is -2.51. The molecule has 1 saturated heterocycles. The Morgan fingerprint density at radius 2 is 1.73 bits per heavy atom. The van der Waals surface area contributed by atoms with E-state index in [0.717, 1.165) is 38.8 Å². The number of hydrogen-bond donors (Lipinski definition) is 0. The topological polar surface area (TPSA) is 20.3 Å². The van der Waals surface area contributed by atoms with Gasteiger partial charge < -0.3 is 4.90 Å². The smallest absolute Gasteiger partial charge is 0.233 e. The van der Waals surface area contributed by atoms with Crippen molar-refractivity contribution in [3.8, 4) is 0 Å². The summed E-state index contributed by atoms with van der Waals surface area (Å²) in [6.45, 7) is 6.06. The summed E-state index contributed by atoms with van der Waals surface area (Å²) >= 11 is 0. The van der Waals surface area contributed by atoms with Crippen molar-refractivity contribution in [2.24, 2.45) is 11.8 Å². The van der Waals surface area contributed by atoms with Gasteiger partial charge in [0.2, 0.25) is 5.91 Å². The fourth-order valence-electron chi connectivity index (χ4n) is 4.56. The summed E-state index contributed by atoms with van der Waals surface area (Å²) in [5, 5.41) is 0. The van der Waals surface area contributed by atoms with Crippen molar-refractivity contribution in [1.29, 1.82) is 0 Å². The van der Waals surface area contributed by atoms with Crippen LogP contribution in [-0.4, -0.2) is 23.9 Å². The highest BCUT2D eigenvalue weighted by Crippen LogP contribution is 2.44. The molecular formula is C19H26FNO. The van der Waals surface area contributed by atoms with Crippen molar-refractivity contribution in [3.63, 3.8) is 0 Å². The summed E-state index contributed by atoms with van der Waals surface area (Å²) < 4.78 is 14.4. The van der Waals surface area contributed by atoms with E-state index >= 15 is 0 Å². The van der Waals surface area contributed by atoms with Gasteiger partial charge in [0.1, 0.15) is 5.82 Å². The third-order valence-corrected chi connectivity index (χ3v) is 5.41. The average molecular weight is 303 g/mol. The molecule has 3 heteroatoms. The van der Waals surface area contributed by atoms with Crippen molar-refractivity contribution < 1.29 is 9.18 Å². The van der Waals surface area contributed by atoms with Gasteiger partial charge in [-0.2, -0.15) is 0 Å². The largest absolute Gasteiger partial charge is 0.341 e. The van der Waals surface area contributed by atoms with Gasteiger partial charge in [-0.3, -0.25) is 4.79 Å². The molecule has 1 heterocycles. The van der Waals surface area contributed by atoms with E-state index in [9.17, 15) is 9.18 Å². The SMILES string of the molecule is CC1CC(C)CN(C(=O)C2(c3ccccc3F)CCCC2)C1. The zero-order chi connectivity index (χ0) is 15.7. The average Bonchev–Trinajstić information content (AvgIpc) is 2.96. The van der Waals surface area contributed by atoms with Crippen LogP contribution in [0.1, 0.15) is 51.5 Å². The fraction of sp³-hybridized carbons (Fsp3) is 0.632. The van der Waals surface area contributed by atoms with E-state index in [2.05, 4.69) is 13.8 Å². The molecule has 1 saturated carbocycles. The number of benzene rings is 1. The van der Waals surface area contributed by atoms with Crippen LogP contribution in [0.4, 0.5) is 4.39 Å². The van der Waals surface area contributed by atoms with Crippen molar-refractivity contribution in [3.05, 3.63) is 35.6 Å². The Labute approximate surface area is 132 Å². The number of nitrogens with zero attached hydrogens (tertiary/aromatic N) is 1. The van der Waals surface area contributed by atoms with Crippen LogP contribution in [0.2, 0.25) is 0 Å². The second-order valence-electron chi connectivity index (χ2n) is 7.43. The molecule has 2 fully saturated rings. The first-order chi connectivity index (χ1) is 10.5. The maximum Gasteiger partial charge on any atom is 0.233 e. The van der Waals surface area contributed by atoms with E-state index < -0.39 is 5.41 Å². The van der Waals surface area contributed by atoms with Crippen LogP contribution < -0.4 is 0 Å². The molecule has 1 aliphatic carbocycles. The standard InChI is InChI=1S/C19H26FNO/c1-14-11-15(2)13-21(12-14)18(22)19(9-5-6-10-19)16-7-3-4-8-17(16)20/h3-4,7-8,14-15H,5-6,9-13H2,1-2H3. The lowest BCUT2D eigenvalue weighted by Gasteiger charge is -2.41. The molecule has 0 aromatic heterocycles. The Kier molecular flexibility index (Phi) is 4.24. The van der Waals surface area contributed by atoms with Gasteiger partial charge in [0, 0.05) is 18.7 Å². The molecular weight excluding hydrogens is 277 g/mol. The lowest BCUT2D eigenvalue weighted by molar-refractivity contribution is -0.140. The fourth-order valence-corrected chi connectivity index (χ4v) is 4.56. The molecule has 2 aliphatic rings. The minimum absolute atomic E-state index is 0.161. The monoisotopic (exact) mass is 303 g/mol. The Hall–Kier alpha value is -1.38. The Bertz CT molecular complexity index is 540. The van der Waals surface area contributed by atoms with E-state index in [0.29, 0.717) is 17.4 Å². The van der Waals surface area contributed by atoms with Crippen LogP contribution in [0.25, 0.3) is 0 Å². The van der Waals surface area contributed by atoms with Gasteiger partial charge in [-0.05, 0) is 37.2 Å². The van der Waals surface area contributed by atoms with Gasteiger partial charge >= 0.3 is 0 Å². The number of carbonyl (C=O) groups is 1. The highest BCUT2D eigenvalue weighted by molar-refractivity contribution is 5.89.